The first kappa shape index (κ1) is 21.9. The molecule has 170 valence electrons. The van der Waals surface area contributed by atoms with Crippen LogP contribution in [0.5, 0.6) is 5.75 Å². The summed E-state index contributed by atoms with van der Waals surface area (Å²) in [5.41, 5.74) is 2.31. The summed E-state index contributed by atoms with van der Waals surface area (Å²) in [6.07, 6.45) is 2.77. The van der Waals surface area contributed by atoms with E-state index in [1.807, 2.05) is 30.3 Å². The lowest BCUT2D eigenvalue weighted by Gasteiger charge is -2.33. The molecule has 6 nitrogen and oxygen atoms in total. The maximum absolute atomic E-state index is 13.8. The Bertz CT molecular complexity index is 1430. The van der Waals surface area contributed by atoms with Gasteiger partial charge >= 0.3 is 0 Å². The molecule has 0 saturated carbocycles. The Morgan fingerprint density at radius 2 is 1.35 bits per heavy atom. The molecule has 0 saturated heterocycles. The minimum atomic E-state index is -4.02. The predicted octanol–water partition coefficient (Wildman–Crippen LogP) is 3.96. The lowest BCUT2D eigenvalue weighted by Crippen LogP contribution is -2.44. The van der Waals surface area contributed by atoms with E-state index in [2.05, 4.69) is 0 Å². The zero-order chi connectivity index (χ0) is 23.9. The zero-order valence-corrected chi connectivity index (χ0v) is 19.1. The second-order valence-electron chi connectivity index (χ2n) is 8.08. The van der Waals surface area contributed by atoms with Gasteiger partial charge in [0.15, 0.2) is 0 Å². The molecular formula is C27H21NO5S. The summed E-state index contributed by atoms with van der Waals surface area (Å²) in [6.45, 7) is 0. The molecule has 3 aromatic carbocycles. The lowest BCUT2D eigenvalue weighted by atomic mass is 9.76. The number of hydrogen-bond acceptors (Lipinski definition) is 5. The number of methoxy groups -OCH3 is 1. The second-order valence-corrected chi connectivity index (χ2v) is 9.92. The fourth-order valence-corrected chi connectivity index (χ4v) is 6.05. The molecule has 1 aliphatic carbocycles. The number of Topliss-reactive ketones (excluding diaryl/α,β-unsaturated/α-hetero) is 1. The first-order valence-electron chi connectivity index (χ1n) is 10.7. The van der Waals surface area contributed by atoms with E-state index in [0.29, 0.717) is 28.0 Å². The number of sulfonamides is 1. The molecule has 2 aliphatic rings. The van der Waals surface area contributed by atoms with Crippen molar-refractivity contribution in [1.82, 2.24) is 4.31 Å². The largest absolute Gasteiger partial charge is 0.497 e. The Kier molecular flexibility index (Phi) is 5.42. The van der Waals surface area contributed by atoms with E-state index >= 15 is 0 Å². The van der Waals surface area contributed by atoms with Crippen LogP contribution in [-0.2, 0) is 19.6 Å². The Morgan fingerprint density at radius 1 is 0.765 bits per heavy atom. The van der Waals surface area contributed by atoms with Gasteiger partial charge in [0.2, 0.25) is 11.6 Å². The highest BCUT2D eigenvalue weighted by Gasteiger charge is 2.51. The van der Waals surface area contributed by atoms with Crippen LogP contribution < -0.4 is 4.74 Å². The Balaban J connectivity index is 1.72. The molecular weight excluding hydrogens is 450 g/mol. The molecule has 0 fully saturated rings. The van der Waals surface area contributed by atoms with Gasteiger partial charge in [-0.3, -0.25) is 13.9 Å². The van der Waals surface area contributed by atoms with Crippen molar-refractivity contribution in [2.24, 2.45) is 5.92 Å². The minimum Gasteiger partial charge on any atom is -0.497 e. The van der Waals surface area contributed by atoms with E-state index in [1.165, 1.54) is 28.7 Å². The van der Waals surface area contributed by atoms with Gasteiger partial charge < -0.3 is 4.74 Å². The van der Waals surface area contributed by atoms with Crippen LogP contribution in [-0.4, -0.2) is 37.4 Å². The number of benzene rings is 3. The molecule has 0 bridgehead atoms. The number of ether oxygens (including phenoxy) is 1. The smallest absolute Gasteiger partial charge is 0.264 e. The summed E-state index contributed by atoms with van der Waals surface area (Å²) in [4.78, 5) is 26.1. The van der Waals surface area contributed by atoms with Crippen LogP contribution in [0.3, 0.4) is 0 Å². The standard InChI is InChI=1S/C27H21NO5S/c1-33-20-14-12-19(13-15-20)22-16-24(29)27(30)25-23(18-8-4-2-5-9-18)17-28(26(22)25)34(31,32)21-10-6-3-7-11-21/h2-17,25-26H,1H3. The summed E-state index contributed by atoms with van der Waals surface area (Å²) in [5.74, 6) is -1.59. The van der Waals surface area contributed by atoms with E-state index in [1.54, 1.807) is 49.6 Å². The van der Waals surface area contributed by atoms with Crippen molar-refractivity contribution in [3.63, 3.8) is 0 Å². The third-order valence-corrected chi connectivity index (χ3v) is 7.93. The first-order valence-corrected chi connectivity index (χ1v) is 12.2. The van der Waals surface area contributed by atoms with Crippen LogP contribution in [0.15, 0.2) is 102 Å². The highest BCUT2D eigenvalue weighted by molar-refractivity contribution is 7.89. The number of allylic oxidation sites excluding steroid dienone is 1. The normalized spacial score (nSPS) is 20.0. The van der Waals surface area contributed by atoms with Gasteiger partial charge in [0, 0.05) is 6.20 Å². The van der Waals surface area contributed by atoms with Crippen LogP contribution in [0.1, 0.15) is 11.1 Å². The molecule has 0 N–H and O–H groups in total. The number of hydrogen-bond donors (Lipinski definition) is 0. The fraction of sp³-hybridized carbons (Fsp3) is 0.111. The molecule has 1 aliphatic heterocycles. The van der Waals surface area contributed by atoms with Gasteiger partial charge in [-0.25, -0.2) is 8.42 Å². The van der Waals surface area contributed by atoms with Crippen LogP contribution in [0.4, 0.5) is 0 Å². The Labute approximate surface area is 197 Å². The van der Waals surface area contributed by atoms with Crippen molar-refractivity contribution in [3.05, 3.63) is 108 Å². The zero-order valence-electron chi connectivity index (χ0n) is 18.3. The van der Waals surface area contributed by atoms with E-state index in [-0.39, 0.29) is 4.90 Å². The third kappa shape index (κ3) is 3.54. The number of nitrogens with zero attached hydrogens (tertiary/aromatic N) is 1. The monoisotopic (exact) mass is 471 g/mol. The highest BCUT2D eigenvalue weighted by atomic mass is 32.2. The average Bonchev–Trinajstić information content (AvgIpc) is 3.29. The molecule has 7 heteroatoms. The first-order chi connectivity index (χ1) is 16.4. The molecule has 34 heavy (non-hydrogen) atoms. The van der Waals surface area contributed by atoms with Crippen LogP contribution >= 0.6 is 0 Å². The molecule has 0 spiro atoms. The second kappa shape index (κ2) is 8.43. The van der Waals surface area contributed by atoms with Gasteiger partial charge in [-0.05, 0) is 52.6 Å². The van der Waals surface area contributed by atoms with Crippen molar-refractivity contribution < 1.29 is 22.7 Å². The maximum Gasteiger partial charge on any atom is 0.264 e. The topological polar surface area (TPSA) is 80.8 Å². The molecule has 0 amide bonds. The molecule has 0 radical (unpaired) electrons. The SMILES string of the molecule is COc1ccc(C2=CC(=O)C(=O)C3C(c4ccccc4)=CN(S(=O)(=O)c4ccccc4)C23)cc1. The van der Waals surface area contributed by atoms with E-state index < -0.39 is 33.5 Å². The number of fused-ring (bicyclic) bond motifs is 1. The third-order valence-electron chi connectivity index (χ3n) is 6.17. The average molecular weight is 472 g/mol. The summed E-state index contributed by atoms with van der Waals surface area (Å²) < 4.78 is 34.0. The molecule has 0 aromatic heterocycles. The predicted molar refractivity (Wildman–Crippen MR) is 128 cm³/mol. The van der Waals surface area contributed by atoms with Crippen molar-refractivity contribution in [2.45, 2.75) is 10.9 Å². The summed E-state index contributed by atoms with van der Waals surface area (Å²) in [6, 6.07) is 23.3. The highest BCUT2D eigenvalue weighted by Crippen LogP contribution is 2.46. The number of rotatable bonds is 5. The molecule has 3 aromatic rings. The van der Waals surface area contributed by atoms with Crippen molar-refractivity contribution >= 4 is 32.7 Å². The van der Waals surface area contributed by atoms with Crippen LogP contribution in [0.2, 0.25) is 0 Å². The number of carbonyl (C=O) groups excluding carboxylic acids is 2. The summed E-state index contributed by atoms with van der Waals surface area (Å²) >= 11 is 0. The minimum absolute atomic E-state index is 0.109. The Hall–Kier alpha value is -3.97. The fourth-order valence-electron chi connectivity index (χ4n) is 4.52. The summed E-state index contributed by atoms with van der Waals surface area (Å²) in [7, 11) is -2.47. The quantitative estimate of drug-likeness (QED) is 0.526. The van der Waals surface area contributed by atoms with Crippen LogP contribution in [0.25, 0.3) is 11.1 Å². The molecule has 2 unspecified atom stereocenters. The maximum atomic E-state index is 13.8. The molecule has 5 rings (SSSR count). The van der Waals surface area contributed by atoms with Gasteiger partial charge in [-0.1, -0.05) is 60.7 Å². The van der Waals surface area contributed by atoms with Crippen LogP contribution in [0, 0.1) is 5.92 Å². The molecule has 1 heterocycles. The van der Waals surface area contributed by atoms with Gasteiger partial charge in [0.1, 0.15) is 5.75 Å². The molecule has 2 atom stereocenters. The van der Waals surface area contributed by atoms with Gasteiger partial charge in [0.05, 0.1) is 24.0 Å². The number of ketones is 2. The van der Waals surface area contributed by atoms with E-state index in [9.17, 15) is 18.0 Å². The number of carbonyl (C=O) groups is 2. The summed E-state index contributed by atoms with van der Waals surface area (Å²) in [5, 5.41) is 0. The van der Waals surface area contributed by atoms with Crippen molar-refractivity contribution in [2.75, 3.05) is 7.11 Å². The van der Waals surface area contributed by atoms with Gasteiger partial charge in [-0.2, -0.15) is 0 Å². The van der Waals surface area contributed by atoms with E-state index in [0.717, 1.165) is 0 Å². The van der Waals surface area contributed by atoms with Gasteiger partial charge in [0.25, 0.3) is 10.0 Å². The van der Waals surface area contributed by atoms with Crippen molar-refractivity contribution in [3.8, 4) is 5.75 Å². The Morgan fingerprint density at radius 3 is 1.97 bits per heavy atom. The lowest BCUT2D eigenvalue weighted by molar-refractivity contribution is -0.135. The van der Waals surface area contributed by atoms with Gasteiger partial charge in [-0.15, -0.1) is 0 Å². The van der Waals surface area contributed by atoms with Crippen molar-refractivity contribution in [1.29, 1.82) is 0 Å². The van der Waals surface area contributed by atoms with E-state index in [4.69, 9.17) is 4.74 Å².